The first kappa shape index (κ1) is 27.0. The number of fused-ring (bicyclic) bond motifs is 1. The smallest absolute Gasteiger partial charge is 0.489 e. The van der Waals surface area contributed by atoms with Gasteiger partial charge in [0, 0.05) is 29.8 Å². The van der Waals surface area contributed by atoms with E-state index >= 15 is 0 Å². The Bertz CT molecular complexity index is 1140. The van der Waals surface area contributed by atoms with Crippen molar-refractivity contribution in [2.45, 2.75) is 25.0 Å². The van der Waals surface area contributed by atoms with Gasteiger partial charge < -0.3 is 15.2 Å². The molecule has 36 heavy (non-hydrogen) atoms. The first-order valence-corrected chi connectivity index (χ1v) is 10.3. The van der Waals surface area contributed by atoms with Gasteiger partial charge in [-0.3, -0.25) is 9.69 Å². The van der Waals surface area contributed by atoms with Crippen LogP contribution in [-0.4, -0.2) is 42.6 Å². The zero-order valence-electron chi connectivity index (χ0n) is 18.3. The molecule has 1 aliphatic heterocycles. The number of hydrogen-bond donors (Lipinski definition) is 1. The van der Waals surface area contributed by atoms with Crippen molar-refractivity contribution in [3.63, 3.8) is 0 Å². The first-order chi connectivity index (χ1) is 16.8. The van der Waals surface area contributed by atoms with Crippen LogP contribution in [-0.2, 0) is 22.1 Å². The van der Waals surface area contributed by atoms with Gasteiger partial charge in [0.25, 0.3) is 5.91 Å². The van der Waals surface area contributed by atoms with Crippen LogP contribution in [0.4, 0.5) is 30.7 Å². The summed E-state index contributed by atoms with van der Waals surface area (Å²) < 4.78 is 100. The summed E-state index contributed by atoms with van der Waals surface area (Å²) in [6.45, 7) is -0.549. The molecule has 2 aromatic rings. The van der Waals surface area contributed by atoms with Crippen molar-refractivity contribution >= 4 is 11.9 Å². The number of nitrogens with zero attached hydrogens (tertiary/aromatic N) is 1. The lowest BCUT2D eigenvalue weighted by atomic mass is 9.95. The molecule has 194 valence electrons. The van der Waals surface area contributed by atoms with Gasteiger partial charge in [-0.25, -0.2) is 9.18 Å². The number of rotatable bonds is 6. The maximum Gasteiger partial charge on any atom is 0.491 e. The van der Waals surface area contributed by atoms with Crippen LogP contribution in [0.2, 0.25) is 0 Å². The summed E-state index contributed by atoms with van der Waals surface area (Å²) >= 11 is 0. The highest BCUT2D eigenvalue weighted by Gasteiger charge is 2.45. The summed E-state index contributed by atoms with van der Waals surface area (Å²) in [5.74, 6) is -3.19. The molecule has 0 aromatic heterocycles. The van der Waals surface area contributed by atoms with Crippen molar-refractivity contribution in [1.82, 2.24) is 4.90 Å². The van der Waals surface area contributed by atoms with Crippen LogP contribution in [0, 0.1) is 0 Å². The van der Waals surface area contributed by atoms with Crippen LogP contribution in [0.15, 0.2) is 54.4 Å². The summed E-state index contributed by atoms with van der Waals surface area (Å²) in [7, 11) is 0. The summed E-state index contributed by atoms with van der Waals surface area (Å²) in [5.41, 5.74) is 4.27. The van der Waals surface area contributed by atoms with Crippen molar-refractivity contribution in [2.24, 2.45) is 5.73 Å². The third kappa shape index (κ3) is 6.14. The molecule has 1 heterocycles. The molecule has 1 aliphatic rings. The number of ether oxygens (including phenoxy) is 2. The van der Waals surface area contributed by atoms with E-state index in [0.717, 1.165) is 17.0 Å². The molecule has 0 saturated carbocycles. The highest BCUT2D eigenvalue weighted by molar-refractivity contribution is 5.95. The van der Waals surface area contributed by atoms with Crippen LogP contribution in [0.3, 0.4) is 0 Å². The fraction of sp³-hybridized carbons (Fsp3) is 0.304. The fourth-order valence-electron chi connectivity index (χ4n) is 3.44. The number of hydrogen-bond acceptors (Lipinski definition) is 5. The zero-order valence-corrected chi connectivity index (χ0v) is 18.3. The number of halogens is 7. The molecular formula is C23H19F7N2O4. The molecular weight excluding hydrogens is 501 g/mol. The lowest BCUT2D eigenvalue weighted by molar-refractivity contribution is -0.212. The molecule has 1 atom stereocenters. The molecule has 2 N–H and O–H groups in total. The van der Waals surface area contributed by atoms with Crippen LogP contribution in [0.25, 0.3) is 0 Å². The molecule has 0 fully saturated rings. The molecule has 1 unspecified atom stereocenters. The number of benzene rings is 2. The lowest BCUT2D eigenvalue weighted by Gasteiger charge is -2.37. The topological polar surface area (TPSA) is 81.9 Å². The quantitative estimate of drug-likeness (QED) is 0.441. The van der Waals surface area contributed by atoms with Crippen LogP contribution >= 0.6 is 0 Å². The van der Waals surface area contributed by atoms with Gasteiger partial charge in [-0.15, -0.1) is 0 Å². The van der Waals surface area contributed by atoms with Crippen molar-refractivity contribution in [2.75, 3.05) is 19.7 Å². The minimum absolute atomic E-state index is 0.00535. The first-order valence-electron chi connectivity index (χ1n) is 10.3. The summed E-state index contributed by atoms with van der Waals surface area (Å²) in [6, 6.07) is 7.53. The van der Waals surface area contributed by atoms with Crippen molar-refractivity contribution in [1.29, 1.82) is 0 Å². The highest BCUT2D eigenvalue weighted by Crippen LogP contribution is 2.38. The second kappa shape index (κ2) is 10.6. The molecule has 0 aliphatic carbocycles. The van der Waals surface area contributed by atoms with Gasteiger partial charge in [0.1, 0.15) is 12.4 Å². The predicted octanol–water partition coefficient (Wildman–Crippen LogP) is 4.70. The van der Waals surface area contributed by atoms with Crippen molar-refractivity contribution in [3.05, 3.63) is 76.6 Å². The number of amides is 1. The summed E-state index contributed by atoms with van der Waals surface area (Å²) in [5, 5.41) is 0. The molecule has 1 amide bonds. The van der Waals surface area contributed by atoms with Crippen LogP contribution < -0.4 is 10.5 Å². The normalized spacial score (nSPS) is 16.4. The van der Waals surface area contributed by atoms with Crippen LogP contribution in [0.5, 0.6) is 5.75 Å². The number of carbonyl (C=O) groups is 2. The van der Waals surface area contributed by atoms with Crippen LogP contribution in [0.1, 0.15) is 33.3 Å². The number of esters is 1. The van der Waals surface area contributed by atoms with E-state index in [4.69, 9.17) is 10.5 Å². The maximum absolute atomic E-state index is 13.1. The number of carbonyl (C=O) groups excluding carboxylic acids is 2. The Kier molecular flexibility index (Phi) is 7.92. The maximum atomic E-state index is 13.1. The second-order valence-electron chi connectivity index (χ2n) is 7.70. The molecule has 0 bridgehead atoms. The lowest BCUT2D eigenvalue weighted by Crippen LogP contribution is -2.43. The molecule has 3 rings (SSSR count). The molecule has 0 saturated heterocycles. The van der Waals surface area contributed by atoms with E-state index in [0.29, 0.717) is 12.4 Å². The third-order valence-corrected chi connectivity index (χ3v) is 5.29. The summed E-state index contributed by atoms with van der Waals surface area (Å²) in [4.78, 5) is 25.5. The molecule has 6 nitrogen and oxygen atoms in total. The Morgan fingerprint density at radius 1 is 1.06 bits per heavy atom. The van der Waals surface area contributed by atoms with E-state index < -0.39 is 36.0 Å². The Hall–Kier alpha value is -3.61. The standard InChI is InChI=1S/C23H19F7N2O4/c24-10-13(11-31)12-35-17-4-1-14(2-5-17)19(33)32-8-7-15-9-16(22(25,26)27)3-6-18(15)20(32)36-21(34)23(28,29)30/h1-6,9-10,20H,7-8,11-12,31H2/b13-10-. The molecule has 13 heteroatoms. The van der Waals surface area contributed by atoms with E-state index in [-0.39, 0.29) is 54.1 Å². The Labute approximate surface area is 200 Å². The molecule has 0 spiro atoms. The van der Waals surface area contributed by atoms with E-state index in [1.54, 1.807) is 0 Å². The van der Waals surface area contributed by atoms with Gasteiger partial charge in [0.05, 0.1) is 11.9 Å². The van der Waals surface area contributed by atoms with Gasteiger partial charge in [-0.05, 0) is 48.4 Å². The SMILES string of the molecule is NC/C(=C/F)COc1ccc(C(=O)N2CCc3cc(C(F)(F)F)ccc3C2OC(=O)C(F)(F)F)cc1. The van der Waals surface area contributed by atoms with Gasteiger partial charge >= 0.3 is 18.3 Å². The molecule has 2 aromatic carbocycles. The van der Waals surface area contributed by atoms with E-state index in [2.05, 4.69) is 4.74 Å². The van der Waals surface area contributed by atoms with Gasteiger partial charge in [0.2, 0.25) is 6.23 Å². The third-order valence-electron chi connectivity index (χ3n) is 5.29. The minimum Gasteiger partial charge on any atom is -0.489 e. The van der Waals surface area contributed by atoms with Crippen molar-refractivity contribution < 1.29 is 49.8 Å². The monoisotopic (exact) mass is 520 g/mol. The average Bonchev–Trinajstić information content (AvgIpc) is 2.83. The highest BCUT2D eigenvalue weighted by atomic mass is 19.4. The van der Waals surface area contributed by atoms with Gasteiger partial charge in [-0.2, -0.15) is 26.3 Å². The van der Waals surface area contributed by atoms with Crippen molar-refractivity contribution in [3.8, 4) is 5.75 Å². The van der Waals surface area contributed by atoms with Gasteiger partial charge in [-0.1, -0.05) is 6.07 Å². The van der Waals surface area contributed by atoms with E-state index in [9.17, 15) is 40.3 Å². The number of alkyl halides is 6. The van der Waals surface area contributed by atoms with E-state index in [1.165, 1.54) is 24.3 Å². The molecule has 0 radical (unpaired) electrons. The zero-order chi connectivity index (χ0) is 26.7. The Morgan fingerprint density at radius 2 is 1.72 bits per heavy atom. The Morgan fingerprint density at radius 3 is 2.28 bits per heavy atom. The second-order valence-corrected chi connectivity index (χ2v) is 7.70. The van der Waals surface area contributed by atoms with E-state index in [1.807, 2.05) is 0 Å². The number of nitrogens with two attached hydrogens (primary N) is 1. The largest absolute Gasteiger partial charge is 0.491 e. The Balaban J connectivity index is 1.89. The summed E-state index contributed by atoms with van der Waals surface area (Å²) in [6.07, 6.45) is -11.8. The fourth-order valence-corrected chi connectivity index (χ4v) is 3.44. The average molecular weight is 520 g/mol. The van der Waals surface area contributed by atoms with Gasteiger partial charge in [0.15, 0.2) is 0 Å². The minimum atomic E-state index is -5.40. The predicted molar refractivity (Wildman–Crippen MR) is 111 cm³/mol.